The maximum atomic E-state index is 12.5. The Balaban J connectivity index is 1.71. The van der Waals surface area contributed by atoms with Crippen LogP contribution in [-0.2, 0) is 14.4 Å². The van der Waals surface area contributed by atoms with Crippen molar-refractivity contribution in [1.29, 1.82) is 0 Å². The highest BCUT2D eigenvalue weighted by Crippen LogP contribution is 2.12. The van der Waals surface area contributed by atoms with Gasteiger partial charge in [-0.1, -0.05) is 12.1 Å². The van der Waals surface area contributed by atoms with E-state index in [1.807, 2.05) is 50.8 Å². The number of carbonyl (C=O) groups is 3. The van der Waals surface area contributed by atoms with Crippen LogP contribution in [0.2, 0.25) is 0 Å². The van der Waals surface area contributed by atoms with Crippen molar-refractivity contribution in [3.63, 3.8) is 0 Å². The number of rotatable bonds is 7. The van der Waals surface area contributed by atoms with Crippen molar-refractivity contribution in [3.8, 4) is 5.75 Å². The maximum Gasteiger partial charge on any atom is 0.260 e. The number of piperazine rings is 1. The molecule has 1 aliphatic heterocycles. The number of nitrogens with one attached hydrogen (secondary N) is 1. The molecule has 0 aliphatic carbocycles. The molecule has 0 bridgehead atoms. The summed E-state index contributed by atoms with van der Waals surface area (Å²) in [5.41, 5.74) is 0.799. The van der Waals surface area contributed by atoms with Gasteiger partial charge in [0, 0.05) is 38.8 Å². The molecular formula is C22H34N4O4. The first-order valence-electron chi connectivity index (χ1n) is 10.3. The summed E-state index contributed by atoms with van der Waals surface area (Å²) in [5, 5.41) is 2.95. The number of aryl methyl sites for hydroxylation is 1. The number of amides is 3. The van der Waals surface area contributed by atoms with Crippen LogP contribution in [0.3, 0.4) is 0 Å². The van der Waals surface area contributed by atoms with E-state index in [1.165, 1.54) is 4.90 Å². The van der Waals surface area contributed by atoms with Gasteiger partial charge in [0.25, 0.3) is 5.91 Å². The van der Waals surface area contributed by atoms with Gasteiger partial charge < -0.3 is 19.9 Å². The molecule has 8 heteroatoms. The molecule has 3 amide bonds. The zero-order valence-electron chi connectivity index (χ0n) is 18.7. The zero-order valence-corrected chi connectivity index (χ0v) is 18.7. The van der Waals surface area contributed by atoms with Crippen molar-refractivity contribution in [2.24, 2.45) is 0 Å². The van der Waals surface area contributed by atoms with Crippen LogP contribution in [0.5, 0.6) is 5.75 Å². The Bertz CT molecular complexity index is 752. The fourth-order valence-electron chi connectivity index (χ4n) is 3.17. The Hall–Kier alpha value is -2.61. The number of likely N-dealkylation sites (N-methyl/N-ethyl adjacent to an activating group) is 1. The second-order valence-electron chi connectivity index (χ2n) is 8.81. The quantitative estimate of drug-likeness (QED) is 0.711. The molecule has 1 aromatic rings. The fourth-order valence-corrected chi connectivity index (χ4v) is 3.17. The van der Waals surface area contributed by atoms with Crippen LogP contribution in [0.1, 0.15) is 26.3 Å². The Morgan fingerprint density at radius 3 is 2.40 bits per heavy atom. The predicted molar refractivity (Wildman–Crippen MR) is 115 cm³/mol. The summed E-state index contributed by atoms with van der Waals surface area (Å²) < 4.78 is 5.52. The van der Waals surface area contributed by atoms with Crippen molar-refractivity contribution in [2.45, 2.75) is 33.2 Å². The van der Waals surface area contributed by atoms with Crippen LogP contribution >= 0.6 is 0 Å². The lowest BCUT2D eigenvalue weighted by Gasteiger charge is -2.35. The van der Waals surface area contributed by atoms with E-state index in [4.69, 9.17) is 4.74 Å². The van der Waals surface area contributed by atoms with Gasteiger partial charge in [-0.3, -0.25) is 19.3 Å². The van der Waals surface area contributed by atoms with Crippen LogP contribution in [0.4, 0.5) is 0 Å². The summed E-state index contributed by atoms with van der Waals surface area (Å²) >= 11 is 0. The molecule has 1 saturated heterocycles. The largest absolute Gasteiger partial charge is 0.484 e. The number of carbonyl (C=O) groups excluding carboxylic acids is 3. The SMILES string of the molecule is Cc1cccc(OCC(=O)N(C)CC(=O)N2CCN(CC(=O)NC(C)(C)C)CC2)c1. The van der Waals surface area contributed by atoms with E-state index in [9.17, 15) is 14.4 Å². The van der Waals surface area contributed by atoms with Gasteiger partial charge in [0.1, 0.15) is 5.75 Å². The molecule has 2 rings (SSSR count). The van der Waals surface area contributed by atoms with Gasteiger partial charge in [-0.25, -0.2) is 0 Å². The first-order valence-corrected chi connectivity index (χ1v) is 10.3. The molecular weight excluding hydrogens is 384 g/mol. The molecule has 1 aromatic carbocycles. The van der Waals surface area contributed by atoms with E-state index >= 15 is 0 Å². The average molecular weight is 419 g/mol. The number of hydrogen-bond donors (Lipinski definition) is 1. The third-order valence-corrected chi connectivity index (χ3v) is 4.76. The van der Waals surface area contributed by atoms with Gasteiger partial charge in [0.15, 0.2) is 6.61 Å². The van der Waals surface area contributed by atoms with Gasteiger partial charge in [-0.05, 0) is 45.4 Å². The Morgan fingerprint density at radius 2 is 1.80 bits per heavy atom. The molecule has 0 radical (unpaired) electrons. The highest BCUT2D eigenvalue weighted by atomic mass is 16.5. The minimum absolute atomic E-state index is 0.0128. The number of ether oxygens (including phenoxy) is 1. The number of nitrogens with zero attached hydrogens (tertiary/aromatic N) is 3. The summed E-state index contributed by atoms with van der Waals surface area (Å²) in [6.07, 6.45) is 0. The molecule has 0 spiro atoms. The van der Waals surface area contributed by atoms with Crippen LogP contribution < -0.4 is 10.1 Å². The molecule has 1 N–H and O–H groups in total. The fraction of sp³-hybridized carbons (Fsp3) is 0.591. The molecule has 0 atom stereocenters. The first kappa shape index (κ1) is 23.7. The van der Waals surface area contributed by atoms with Crippen LogP contribution in [0.15, 0.2) is 24.3 Å². The standard InChI is InChI=1S/C22H34N4O4/c1-17-7-6-8-18(13-17)30-16-21(29)24(5)15-20(28)26-11-9-25(10-12-26)14-19(27)23-22(2,3)4/h6-8,13H,9-12,14-16H2,1-5H3,(H,23,27). The van der Waals surface area contributed by atoms with Gasteiger partial charge in [-0.2, -0.15) is 0 Å². The molecule has 166 valence electrons. The van der Waals surface area contributed by atoms with Crippen LogP contribution in [-0.4, -0.2) is 90.9 Å². The minimum Gasteiger partial charge on any atom is -0.484 e. The molecule has 1 aliphatic rings. The summed E-state index contributed by atoms with van der Waals surface area (Å²) in [4.78, 5) is 42.0. The van der Waals surface area contributed by atoms with Gasteiger partial charge in [0.05, 0.1) is 13.1 Å². The van der Waals surface area contributed by atoms with E-state index < -0.39 is 0 Å². The summed E-state index contributed by atoms with van der Waals surface area (Å²) in [5.74, 6) is 0.276. The normalized spacial score (nSPS) is 14.9. The Kier molecular flexibility index (Phi) is 8.23. The second-order valence-corrected chi connectivity index (χ2v) is 8.81. The highest BCUT2D eigenvalue weighted by Gasteiger charge is 2.25. The molecule has 8 nitrogen and oxygen atoms in total. The van der Waals surface area contributed by atoms with Crippen molar-refractivity contribution in [2.75, 3.05) is 52.9 Å². The van der Waals surface area contributed by atoms with Crippen molar-refractivity contribution >= 4 is 17.7 Å². The lowest BCUT2D eigenvalue weighted by Crippen LogP contribution is -2.54. The highest BCUT2D eigenvalue weighted by molar-refractivity contribution is 5.85. The number of benzene rings is 1. The van der Waals surface area contributed by atoms with Gasteiger partial charge in [0.2, 0.25) is 11.8 Å². The van der Waals surface area contributed by atoms with Gasteiger partial charge in [-0.15, -0.1) is 0 Å². The molecule has 0 aromatic heterocycles. The first-order chi connectivity index (χ1) is 14.0. The van der Waals surface area contributed by atoms with E-state index in [0.29, 0.717) is 38.5 Å². The summed E-state index contributed by atoms with van der Waals surface area (Å²) in [7, 11) is 1.60. The monoisotopic (exact) mass is 418 g/mol. The molecule has 1 fully saturated rings. The molecule has 30 heavy (non-hydrogen) atoms. The zero-order chi connectivity index (χ0) is 22.3. The van der Waals surface area contributed by atoms with Crippen molar-refractivity contribution in [3.05, 3.63) is 29.8 Å². The number of hydrogen-bond acceptors (Lipinski definition) is 5. The van der Waals surface area contributed by atoms with E-state index in [-0.39, 0.29) is 36.4 Å². The third-order valence-electron chi connectivity index (χ3n) is 4.76. The topological polar surface area (TPSA) is 82.2 Å². The van der Waals surface area contributed by atoms with E-state index in [0.717, 1.165) is 5.56 Å². The maximum absolute atomic E-state index is 12.5. The summed E-state index contributed by atoms with van der Waals surface area (Å²) in [6.45, 7) is 10.4. The molecule has 0 unspecified atom stereocenters. The van der Waals surface area contributed by atoms with Crippen molar-refractivity contribution < 1.29 is 19.1 Å². The lowest BCUT2D eigenvalue weighted by atomic mass is 10.1. The van der Waals surface area contributed by atoms with Crippen LogP contribution in [0, 0.1) is 6.92 Å². The Labute approximate surface area is 179 Å². The van der Waals surface area contributed by atoms with E-state index in [1.54, 1.807) is 18.0 Å². The third kappa shape index (κ3) is 8.02. The average Bonchev–Trinajstić information content (AvgIpc) is 2.65. The predicted octanol–water partition coefficient (Wildman–Crippen LogP) is 0.891. The second kappa shape index (κ2) is 10.4. The minimum atomic E-state index is -0.255. The van der Waals surface area contributed by atoms with E-state index in [2.05, 4.69) is 5.32 Å². The lowest BCUT2D eigenvalue weighted by molar-refractivity contribution is -0.141. The van der Waals surface area contributed by atoms with Gasteiger partial charge >= 0.3 is 0 Å². The Morgan fingerprint density at radius 1 is 1.13 bits per heavy atom. The molecule has 0 saturated carbocycles. The summed E-state index contributed by atoms with van der Waals surface area (Å²) in [6, 6.07) is 7.48. The van der Waals surface area contributed by atoms with Crippen LogP contribution in [0.25, 0.3) is 0 Å². The smallest absolute Gasteiger partial charge is 0.260 e. The van der Waals surface area contributed by atoms with Crippen molar-refractivity contribution in [1.82, 2.24) is 20.0 Å². The molecule has 1 heterocycles.